The topological polar surface area (TPSA) is 58.6 Å². The summed E-state index contributed by atoms with van der Waals surface area (Å²) in [5.41, 5.74) is 5.12. The average molecular weight is 368 g/mol. The molecule has 5 nitrogen and oxygen atoms in total. The number of nitrogens with zero attached hydrogens (tertiary/aromatic N) is 1. The molecule has 0 bridgehead atoms. The maximum atomic E-state index is 12.5. The van der Waals surface area contributed by atoms with Gasteiger partial charge in [-0.2, -0.15) is 0 Å². The van der Waals surface area contributed by atoms with E-state index in [9.17, 15) is 9.59 Å². The molecule has 5 heteroatoms. The molecule has 0 aromatic heterocycles. The van der Waals surface area contributed by atoms with Crippen LogP contribution in [-0.4, -0.2) is 36.9 Å². The number of hydrogen-bond acceptors (Lipinski definition) is 3. The quantitative estimate of drug-likeness (QED) is 0.811. The van der Waals surface area contributed by atoms with E-state index < -0.39 is 0 Å². The first-order chi connectivity index (χ1) is 12.8. The Bertz CT molecular complexity index is 790. The molecule has 0 spiro atoms. The van der Waals surface area contributed by atoms with Crippen molar-refractivity contribution in [1.82, 2.24) is 4.90 Å². The van der Waals surface area contributed by atoms with Crippen LogP contribution in [-0.2, 0) is 16.0 Å². The lowest BCUT2D eigenvalue weighted by Gasteiger charge is -2.21. The van der Waals surface area contributed by atoms with Gasteiger partial charge in [0.15, 0.2) is 0 Å². The number of methoxy groups -OCH3 is 1. The monoisotopic (exact) mass is 368 g/mol. The van der Waals surface area contributed by atoms with Crippen LogP contribution in [0.1, 0.15) is 29.2 Å². The van der Waals surface area contributed by atoms with Crippen molar-refractivity contribution in [1.29, 1.82) is 0 Å². The molecule has 2 amide bonds. The van der Waals surface area contributed by atoms with Crippen molar-refractivity contribution in [3.63, 3.8) is 0 Å². The second kappa shape index (κ2) is 9.21. The van der Waals surface area contributed by atoms with E-state index in [1.807, 2.05) is 57.2 Å². The van der Waals surface area contributed by atoms with E-state index in [0.717, 1.165) is 33.7 Å². The standard InChI is InChI=1S/C22H28N2O3/c1-15-12-16(2)22(17(3)13-15)23-21(26)14-24(18(4)25)11-10-19-6-8-20(27-5)9-7-19/h6-9,12-13H,10-11,14H2,1-5H3,(H,23,26). The third kappa shape index (κ3) is 5.84. The first kappa shape index (κ1) is 20.5. The predicted molar refractivity (Wildman–Crippen MR) is 108 cm³/mol. The molecule has 0 atom stereocenters. The fourth-order valence-electron chi connectivity index (χ4n) is 3.13. The van der Waals surface area contributed by atoms with E-state index in [0.29, 0.717) is 13.0 Å². The summed E-state index contributed by atoms with van der Waals surface area (Å²) in [6.45, 7) is 8.00. The van der Waals surface area contributed by atoms with Crippen molar-refractivity contribution in [2.24, 2.45) is 0 Å². The molecule has 0 aliphatic carbocycles. The molecule has 2 aromatic carbocycles. The number of anilines is 1. The first-order valence-corrected chi connectivity index (χ1v) is 9.06. The van der Waals surface area contributed by atoms with Crippen molar-refractivity contribution < 1.29 is 14.3 Å². The van der Waals surface area contributed by atoms with Gasteiger partial charge < -0.3 is 15.0 Å². The maximum absolute atomic E-state index is 12.5. The van der Waals surface area contributed by atoms with Gasteiger partial charge in [-0.25, -0.2) is 0 Å². The van der Waals surface area contributed by atoms with Gasteiger partial charge in [-0.1, -0.05) is 29.8 Å². The molecule has 0 saturated carbocycles. The van der Waals surface area contributed by atoms with E-state index in [2.05, 4.69) is 5.32 Å². The highest BCUT2D eigenvalue weighted by Crippen LogP contribution is 2.22. The molecule has 0 aliphatic heterocycles. The van der Waals surface area contributed by atoms with Crippen LogP contribution in [0.3, 0.4) is 0 Å². The summed E-state index contributed by atoms with van der Waals surface area (Å²) in [5.74, 6) is 0.497. The Balaban J connectivity index is 1.98. The number of benzene rings is 2. The predicted octanol–water partition coefficient (Wildman–Crippen LogP) is 3.65. The Morgan fingerprint density at radius 3 is 2.15 bits per heavy atom. The van der Waals surface area contributed by atoms with E-state index >= 15 is 0 Å². The van der Waals surface area contributed by atoms with Crippen molar-refractivity contribution >= 4 is 17.5 Å². The van der Waals surface area contributed by atoms with Crippen molar-refractivity contribution in [2.75, 3.05) is 25.5 Å². The molecule has 0 unspecified atom stereocenters. The minimum Gasteiger partial charge on any atom is -0.497 e. The number of ether oxygens (including phenoxy) is 1. The number of carbonyl (C=O) groups excluding carboxylic acids is 2. The fourth-order valence-corrected chi connectivity index (χ4v) is 3.13. The SMILES string of the molecule is COc1ccc(CCN(CC(=O)Nc2c(C)cc(C)cc2C)C(C)=O)cc1. The molecule has 0 heterocycles. The number of amides is 2. The van der Waals surface area contributed by atoms with Gasteiger partial charge in [-0.3, -0.25) is 9.59 Å². The minimum atomic E-state index is -0.185. The van der Waals surface area contributed by atoms with E-state index in [1.165, 1.54) is 6.92 Å². The lowest BCUT2D eigenvalue weighted by atomic mass is 10.1. The Morgan fingerprint density at radius 2 is 1.63 bits per heavy atom. The molecule has 0 saturated heterocycles. The summed E-state index contributed by atoms with van der Waals surface area (Å²) >= 11 is 0. The zero-order valence-corrected chi connectivity index (χ0v) is 16.8. The second-order valence-electron chi connectivity index (χ2n) is 6.86. The van der Waals surface area contributed by atoms with Crippen LogP contribution in [0.4, 0.5) is 5.69 Å². The van der Waals surface area contributed by atoms with E-state index in [1.54, 1.807) is 12.0 Å². The summed E-state index contributed by atoms with van der Waals surface area (Å²) < 4.78 is 5.15. The second-order valence-corrected chi connectivity index (χ2v) is 6.86. The number of nitrogens with one attached hydrogen (secondary N) is 1. The van der Waals surface area contributed by atoms with Gasteiger partial charge in [0.2, 0.25) is 11.8 Å². The van der Waals surface area contributed by atoms with Crippen LogP contribution < -0.4 is 10.1 Å². The normalized spacial score (nSPS) is 10.4. The Kier molecular flexibility index (Phi) is 6.99. The van der Waals surface area contributed by atoms with Gasteiger partial charge in [-0.15, -0.1) is 0 Å². The molecule has 0 radical (unpaired) electrons. The summed E-state index contributed by atoms with van der Waals surface area (Å²) in [6, 6.07) is 11.8. The molecule has 2 aromatic rings. The Labute approximate surface area is 161 Å². The molecular formula is C22H28N2O3. The molecule has 0 fully saturated rings. The van der Waals surface area contributed by atoms with Gasteiger partial charge in [0.1, 0.15) is 5.75 Å². The van der Waals surface area contributed by atoms with E-state index in [4.69, 9.17) is 4.74 Å². The van der Waals surface area contributed by atoms with E-state index in [-0.39, 0.29) is 18.4 Å². The molecule has 0 aliphatic rings. The highest BCUT2D eigenvalue weighted by atomic mass is 16.5. The van der Waals surface area contributed by atoms with Crippen molar-refractivity contribution in [3.05, 3.63) is 58.7 Å². The first-order valence-electron chi connectivity index (χ1n) is 9.06. The number of hydrogen-bond donors (Lipinski definition) is 1. The zero-order valence-electron chi connectivity index (χ0n) is 16.8. The summed E-state index contributed by atoms with van der Waals surface area (Å²) in [6.07, 6.45) is 0.680. The van der Waals surface area contributed by atoms with Crippen molar-refractivity contribution in [3.8, 4) is 5.75 Å². The molecule has 2 rings (SSSR count). The Morgan fingerprint density at radius 1 is 1.04 bits per heavy atom. The molecule has 1 N–H and O–H groups in total. The van der Waals surface area contributed by atoms with Crippen LogP contribution in [0.5, 0.6) is 5.75 Å². The zero-order chi connectivity index (χ0) is 20.0. The average Bonchev–Trinajstić information content (AvgIpc) is 2.61. The lowest BCUT2D eigenvalue weighted by molar-refractivity contribution is -0.132. The van der Waals surface area contributed by atoms with Gasteiger partial charge in [0, 0.05) is 19.2 Å². The minimum absolute atomic E-state index is 0.0399. The smallest absolute Gasteiger partial charge is 0.244 e. The Hall–Kier alpha value is -2.82. The van der Waals surface area contributed by atoms with Gasteiger partial charge >= 0.3 is 0 Å². The maximum Gasteiger partial charge on any atom is 0.244 e. The van der Waals surface area contributed by atoms with Gasteiger partial charge in [0.25, 0.3) is 0 Å². The molecule has 27 heavy (non-hydrogen) atoms. The summed E-state index contributed by atoms with van der Waals surface area (Å²) in [5, 5.41) is 2.95. The number of carbonyl (C=O) groups is 2. The summed E-state index contributed by atoms with van der Waals surface area (Å²) in [7, 11) is 1.63. The molecular weight excluding hydrogens is 340 g/mol. The van der Waals surface area contributed by atoms with Crippen LogP contribution in [0.25, 0.3) is 0 Å². The van der Waals surface area contributed by atoms with Crippen LogP contribution >= 0.6 is 0 Å². The van der Waals surface area contributed by atoms with Crippen LogP contribution in [0.2, 0.25) is 0 Å². The lowest BCUT2D eigenvalue weighted by Crippen LogP contribution is -2.38. The highest BCUT2D eigenvalue weighted by molar-refractivity contribution is 5.95. The number of aryl methyl sites for hydroxylation is 3. The number of rotatable bonds is 7. The van der Waals surface area contributed by atoms with Gasteiger partial charge in [-0.05, 0) is 56.0 Å². The van der Waals surface area contributed by atoms with Crippen LogP contribution in [0.15, 0.2) is 36.4 Å². The van der Waals surface area contributed by atoms with Gasteiger partial charge in [0.05, 0.1) is 13.7 Å². The third-order valence-electron chi connectivity index (χ3n) is 4.55. The fraction of sp³-hybridized carbons (Fsp3) is 0.364. The molecule has 144 valence electrons. The highest BCUT2D eigenvalue weighted by Gasteiger charge is 2.15. The van der Waals surface area contributed by atoms with Crippen LogP contribution in [0, 0.1) is 20.8 Å². The van der Waals surface area contributed by atoms with Crippen molar-refractivity contribution in [2.45, 2.75) is 34.1 Å². The largest absolute Gasteiger partial charge is 0.497 e. The summed E-state index contributed by atoms with van der Waals surface area (Å²) in [4.78, 5) is 26.0. The third-order valence-corrected chi connectivity index (χ3v) is 4.55.